The third-order valence-electron chi connectivity index (χ3n) is 4.62. The molecule has 1 aromatic rings. The molecule has 2 rings (SSSR count). The Morgan fingerprint density at radius 3 is 2.40 bits per heavy atom. The highest BCUT2D eigenvalue weighted by Gasteiger charge is 2.70. The minimum atomic E-state index is -2.67. The number of hydrogen-bond acceptors (Lipinski definition) is 7. The van der Waals surface area contributed by atoms with Crippen LogP contribution in [0.25, 0.3) is 0 Å². The Kier molecular flexibility index (Phi) is 7.26. The van der Waals surface area contributed by atoms with Gasteiger partial charge in [0.1, 0.15) is 0 Å². The van der Waals surface area contributed by atoms with Crippen LogP contribution in [-0.2, 0) is 30.4 Å². The second-order valence-corrected chi connectivity index (χ2v) is 6.77. The molecule has 5 unspecified atom stereocenters. The van der Waals surface area contributed by atoms with Crippen LogP contribution in [0.3, 0.4) is 0 Å². The van der Waals surface area contributed by atoms with E-state index in [9.17, 15) is 27.6 Å². The van der Waals surface area contributed by atoms with E-state index in [1.54, 1.807) is 0 Å². The van der Waals surface area contributed by atoms with Crippen LogP contribution in [0.1, 0.15) is 25.3 Å². The number of esters is 1. The van der Waals surface area contributed by atoms with E-state index in [2.05, 4.69) is 4.74 Å². The first-order chi connectivity index (χ1) is 13.9. The zero-order chi connectivity index (χ0) is 22.6. The molecule has 1 fully saturated rings. The molecule has 1 aliphatic rings. The number of hydrogen-bond donors (Lipinski definition) is 3. The quantitative estimate of drug-likeness (QED) is 0.371. The Bertz CT molecular complexity index is 823. The van der Waals surface area contributed by atoms with Gasteiger partial charge in [0.05, 0.1) is 25.2 Å². The van der Waals surface area contributed by atoms with E-state index in [0.29, 0.717) is 0 Å². The smallest absolute Gasteiger partial charge is 0.479 e. The van der Waals surface area contributed by atoms with Gasteiger partial charge in [-0.15, -0.1) is 0 Å². The number of alkyl halides is 1. The number of ether oxygens (including phenoxy) is 3. The lowest BCUT2D eigenvalue weighted by atomic mass is 10.1. The molecule has 9 nitrogen and oxygen atoms in total. The van der Waals surface area contributed by atoms with Crippen molar-refractivity contribution < 1.29 is 52.0 Å². The number of halogens is 3. The summed E-state index contributed by atoms with van der Waals surface area (Å²) >= 11 is 0. The van der Waals surface area contributed by atoms with E-state index >= 15 is 0 Å². The fourth-order valence-electron chi connectivity index (χ4n) is 2.99. The zero-order valence-electron chi connectivity index (χ0n) is 15.7. The van der Waals surface area contributed by atoms with Gasteiger partial charge < -0.3 is 30.2 Å². The van der Waals surface area contributed by atoms with Crippen LogP contribution in [0.15, 0.2) is 18.2 Å². The molecular weight excluding hydrogens is 415 g/mol. The number of rotatable bonds is 10. The monoisotopic (exact) mass is 435 g/mol. The van der Waals surface area contributed by atoms with Crippen LogP contribution in [0.4, 0.5) is 18.0 Å². The van der Waals surface area contributed by atoms with Crippen LogP contribution < -0.4 is 5.73 Å². The average molecular weight is 435 g/mol. The Morgan fingerprint density at radius 1 is 1.20 bits per heavy atom. The van der Waals surface area contributed by atoms with Crippen LogP contribution in [0, 0.1) is 17.6 Å². The number of nitrogens with two attached hydrogens (primary N) is 1. The molecule has 0 aromatic heterocycles. The summed E-state index contributed by atoms with van der Waals surface area (Å²) in [5.41, 5.74) is 3.03. The van der Waals surface area contributed by atoms with Crippen molar-refractivity contribution in [2.75, 3.05) is 0 Å². The van der Waals surface area contributed by atoms with Gasteiger partial charge in [0.15, 0.2) is 11.6 Å². The molecule has 0 spiro atoms. The van der Waals surface area contributed by atoms with Gasteiger partial charge in [-0.25, -0.2) is 22.8 Å². The second-order valence-electron chi connectivity index (χ2n) is 6.77. The molecule has 1 aromatic carbocycles. The summed E-state index contributed by atoms with van der Waals surface area (Å²) in [7, 11) is 0. The molecule has 166 valence electrons. The van der Waals surface area contributed by atoms with Crippen LogP contribution in [0.5, 0.6) is 0 Å². The fourth-order valence-corrected chi connectivity index (χ4v) is 2.99. The van der Waals surface area contributed by atoms with Gasteiger partial charge in [0.25, 0.3) is 0 Å². The molecule has 0 heterocycles. The summed E-state index contributed by atoms with van der Waals surface area (Å²) in [4.78, 5) is 33.5. The molecule has 0 radical (unpaired) electrons. The maximum Gasteiger partial charge on any atom is 0.508 e. The van der Waals surface area contributed by atoms with E-state index < -0.39 is 66.2 Å². The molecule has 0 amide bonds. The van der Waals surface area contributed by atoms with Crippen LogP contribution in [0.2, 0.25) is 0 Å². The second kappa shape index (κ2) is 9.30. The van der Waals surface area contributed by atoms with Gasteiger partial charge in [-0.1, -0.05) is 6.07 Å². The van der Waals surface area contributed by atoms with Gasteiger partial charge in [0.2, 0.25) is 12.0 Å². The maximum absolute atomic E-state index is 14.3. The summed E-state index contributed by atoms with van der Waals surface area (Å²) in [6.07, 6.45) is -5.00. The van der Waals surface area contributed by atoms with Gasteiger partial charge in [-0.3, -0.25) is 4.79 Å². The molecule has 30 heavy (non-hydrogen) atoms. The summed E-state index contributed by atoms with van der Waals surface area (Å²) < 4.78 is 55.1. The lowest BCUT2D eigenvalue weighted by Crippen LogP contribution is -2.27. The lowest BCUT2D eigenvalue weighted by molar-refractivity contribution is -0.170. The predicted octanol–water partition coefficient (Wildman–Crippen LogP) is 1.96. The Labute approximate surface area is 168 Å². The summed E-state index contributed by atoms with van der Waals surface area (Å²) in [5, 5.41) is 17.5. The van der Waals surface area contributed by atoms with E-state index in [4.69, 9.17) is 25.4 Å². The van der Waals surface area contributed by atoms with Crippen molar-refractivity contribution in [2.45, 2.75) is 50.5 Å². The van der Waals surface area contributed by atoms with Crippen molar-refractivity contribution in [3.8, 4) is 0 Å². The van der Waals surface area contributed by atoms with Crippen molar-refractivity contribution in [3.05, 3.63) is 35.4 Å². The SMILES string of the molecule is CC(OC(=O)O)OC(=O)CC(CC1C(N)C1(F)C(=O)O)OCc1ccc(F)c(F)c1. The molecule has 0 bridgehead atoms. The van der Waals surface area contributed by atoms with Crippen molar-refractivity contribution in [2.24, 2.45) is 11.7 Å². The highest BCUT2D eigenvalue weighted by atomic mass is 19.2. The van der Waals surface area contributed by atoms with Crippen LogP contribution in [-0.4, -0.2) is 52.4 Å². The van der Waals surface area contributed by atoms with Gasteiger partial charge in [0, 0.05) is 12.8 Å². The number of carboxylic acid groups (broad SMARTS) is 2. The molecule has 1 saturated carbocycles. The van der Waals surface area contributed by atoms with Crippen LogP contribution >= 0.6 is 0 Å². The minimum absolute atomic E-state index is 0.208. The van der Waals surface area contributed by atoms with E-state index in [0.717, 1.165) is 19.1 Å². The largest absolute Gasteiger partial charge is 0.508 e. The number of carbonyl (C=O) groups is 3. The van der Waals surface area contributed by atoms with E-state index in [1.807, 2.05) is 0 Å². The highest BCUT2D eigenvalue weighted by Crippen LogP contribution is 2.49. The highest BCUT2D eigenvalue weighted by molar-refractivity contribution is 5.83. The fraction of sp³-hybridized carbons (Fsp3) is 0.500. The first kappa shape index (κ1) is 23.4. The molecule has 4 N–H and O–H groups in total. The molecular formula is C18H20F3NO8. The molecule has 5 atom stereocenters. The number of aliphatic carboxylic acids is 1. The van der Waals surface area contributed by atoms with E-state index in [1.165, 1.54) is 6.07 Å². The Balaban J connectivity index is 2.04. The first-order valence-corrected chi connectivity index (χ1v) is 8.77. The van der Waals surface area contributed by atoms with Crippen molar-refractivity contribution in [1.82, 2.24) is 0 Å². The summed E-state index contributed by atoms with van der Waals surface area (Å²) in [6.45, 7) is 0.849. The van der Waals surface area contributed by atoms with Gasteiger partial charge >= 0.3 is 18.1 Å². The summed E-state index contributed by atoms with van der Waals surface area (Å²) in [6, 6.07) is 1.66. The standard InChI is InChI=1S/C18H20F3NO8/c1-8(30-17(26)27)29-14(23)6-10(5-11-15(22)18(11,21)16(24)25)28-7-9-2-3-12(19)13(20)4-9/h2-4,8,10-11,15H,5-7,22H2,1H3,(H,24,25)(H,26,27). The lowest BCUT2D eigenvalue weighted by Gasteiger charge is -2.19. The first-order valence-electron chi connectivity index (χ1n) is 8.77. The average Bonchev–Trinajstić information content (AvgIpc) is 3.16. The molecule has 0 aliphatic heterocycles. The minimum Gasteiger partial charge on any atom is -0.479 e. The molecule has 12 heteroatoms. The zero-order valence-corrected chi connectivity index (χ0v) is 15.7. The van der Waals surface area contributed by atoms with Crippen molar-refractivity contribution in [3.63, 3.8) is 0 Å². The topological polar surface area (TPSA) is 145 Å². The normalized spacial score (nSPS) is 24.6. The van der Waals surface area contributed by atoms with Gasteiger partial charge in [-0.05, 0) is 24.1 Å². The van der Waals surface area contributed by atoms with Crippen molar-refractivity contribution in [1.29, 1.82) is 0 Å². The molecule has 0 saturated heterocycles. The maximum atomic E-state index is 14.3. The molecule has 1 aliphatic carbocycles. The summed E-state index contributed by atoms with van der Waals surface area (Å²) in [5.74, 6) is -6.05. The number of carboxylic acids is 1. The third kappa shape index (κ3) is 5.60. The Hall–Kier alpha value is -2.86. The van der Waals surface area contributed by atoms with Crippen molar-refractivity contribution >= 4 is 18.1 Å². The predicted molar refractivity (Wildman–Crippen MR) is 91.8 cm³/mol. The Morgan fingerprint density at radius 2 is 1.87 bits per heavy atom. The third-order valence-corrected chi connectivity index (χ3v) is 4.62. The van der Waals surface area contributed by atoms with Gasteiger partial charge in [-0.2, -0.15) is 0 Å². The number of carbonyl (C=O) groups excluding carboxylic acids is 1. The van der Waals surface area contributed by atoms with E-state index in [-0.39, 0.29) is 18.6 Å². The number of benzene rings is 1.